The highest BCUT2D eigenvalue weighted by atomic mass is 16.1. The fraction of sp³-hybridized carbons (Fsp3) is 0.400. The molecule has 64 valence electrons. The second-order valence-corrected chi connectivity index (χ2v) is 3.03. The number of aromatic nitrogens is 1. The summed E-state index contributed by atoms with van der Waals surface area (Å²) in [4.78, 5) is 14.9. The van der Waals surface area contributed by atoms with E-state index in [-0.39, 0.29) is 5.78 Å². The van der Waals surface area contributed by atoms with Crippen LogP contribution >= 0.6 is 0 Å². The minimum Gasteiger partial charge on any atom is -0.300 e. The van der Waals surface area contributed by atoms with Crippen molar-refractivity contribution in [2.75, 3.05) is 0 Å². The Bertz CT molecular complexity index is 264. The molecule has 0 aliphatic carbocycles. The molecule has 0 radical (unpaired) electrons. The van der Waals surface area contributed by atoms with Gasteiger partial charge in [-0.05, 0) is 31.9 Å². The fourth-order valence-corrected chi connectivity index (χ4v) is 0.950. The van der Waals surface area contributed by atoms with Crippen LogP contribution in [-0.2, 0) is 11.2 Å². The number of hydrogen-bond donors (Lipinski definition) is 0. The smallest absolute Gasteiger partial charge is 0.130 e. The quantitative estimate of drug-likeness (QED) is 0.681. The number of aryl methyl sites for hydroxylation is 2. The molecule has 0 unspecified atom stereocenters. The van der Waals surface area contributed by atoms with Gasteiger partial charge in [-0.3, -0.25) is 4.98 Å². The lowest BCUT2D eigenvalue weighted by atomic mass is 10.1. The van der Waals surface area contributed by atoms with Gasteiger partial charge in [0.15, 0.2) is 0 Å². The van der Waals surface area contributed by atoms with Gasteiger partial charge in [0.2, 0.25) is 0 Å². The summed E-state index contributed by atoms with van der Waals surface area (Å²) in [5, 5.41) is 0. The molecule has 0 aliphatic rings. The molecular formula is C10H13NO. The van der Waals surface area contributed by atoms with Crippen molar-refractivity contribution in [2.45, 2.75) is 26.7 Å². The lowest BCUT2D eigenvalue weighted by Gasteiger charge is -1.97. The third kappa shape index (κ3) is 2.82. The van der Waals surface area contributed by atoms with Gasteiger partial charge >= 0.3 is 0 Å². The summed E-state index contributed by atoms with van der Waals surface area (Å²) in [7, 11) is 0. The Morgan fingerprint density at radius 1 is 1.50 bits per heavy atom. The molecule has 1 aromatic heterocycles. The van der Waals surface area contributed by atoms with Crippen LogP contribution in [0, 0.1) is 6.92 Å². The molecule has 12 heavy (non-hydrogen) atoms. The zero-order chi connectivity index (χ0) is 8.97. The molecule has 1 heterocycles. The molecule has 0 atom stereocenters. The number of hydrogen-bond acceptors (Lipinski definition) is 2. The highest BCUT2D eigenvalue weighted by molar-refractivity contribution is 5.75. The zero-order valence-corrected chi connectivity index (χ0v) is 7.50. The topological polar surface area (TPSA) is 30.0 Å². The number of nitrogens with zero attached hydrogens (tertiary/aromatic N) is 1. The maximum Gasteiger partial charge on any atom is 0.130 e. The molecule has 0 N–H and O–H groups in total. The number of ketones is 1. The van der Waals surface area contributed by atoms with E-state index in [0.717, 1.165) is 17.7 Å². The molecule has 0 amide bonds. The lowest BCUT2D eigenvalue weighted by molar-refractivity contribution is -0.116. The van der Waals surface area contributed by atoms with E-state index >= 15 is 0 Å². The first-order valence-corrected chi connectivity index (χ1v) is 4.09. The molecule has 2 heteroatoms. The van der Waals surface area contributed by atoms with Gasteiger partial charge < -0.3 is 4.79 Å². The van der Waals surface area contributed by atoms with Crippen molar-refractivity contribution < 1.29 is 4.79 Å². The average Bonchev–Trinajstić information content (AvgIpc) is 2.03. The molecule has 0 fully saturated rings. The van der Waals surface area contributed by atoms with Crippen molar-refractivity contribution in [3.8, 4) is 0 Å². The van der Waals surface area contributed by atoms with E-state index in [1.54, 1.807) is 6.92 Å². The predicted octanol–water partition coefficient (Wildman–Crippen LogP) is 1.91. The Morgan fingerprint density at radius 3 is 2.75 bits per heavy atom. The van der Waals surface area contributed by atoms with Crippen molar-refractivity contribution in [2.24, 2.45) is 0 Å². The number of carbonyl (C=O) groups is 1. The van der Waals surface area contributed by atoms with Crippen LogP contribution in [0.5, 0.6) is 0 Å². The fourth-order valence-electron chi connectivity index (χ4n) is 0.950. The Hall–Kier alpha value is -1.18. The van der Waals surface area contributed by atoms with Crippen LogP contribution in [0.15, 0.2) is 18.3 Å². The van der Waals surface area contributed by atoms with Gasteiger partial charge in [0.25, 0.3) is 0 Å². The summed E-state index contributed by atoms with van der Waals surface area (Å²) < 4.78 is 0. The first-order valence-electron chi connectivity index (χ1n) is 4.09. The average molecular weight is 163 g/mol. The molecule has 0 saturated heterocycles. The van der Waals surface area contributed by atoms with Crippen molar-refractivity contribution in [1.82, 2.24) is 4.98 Å². The normalized spacial score (nSPS) is 9.83. The molecular weight excluding hydrogens is 150 g/mol. The summed E-state index contributed by atoms with van der Waals surface area (Å²) in [5.74, 6) is 0.220. The van der Waals surface area contributed by atoms with E-state index in [0.29, 0.717) is 6.42 Å². The lowest BCUT2D eigenvalue weighted by Crippen LogP contribution is -1.96. The number of Topliss-reactive ketones (excluding diaryl/α,β-unsaturated/α-hetero) is 1. The summed E-state index contributed by atoms with van der Waals surface area (Å²) in [6.45, 7) is 3.61. The minimum atomic E-state index is 0.220. The largest absolute Gasteiger partial charge is 0.300 e. The second-order valence-electron chi connectivity index (χ2n) is 3.03. The molecule has 0 aliphatic heterocycles. The summed E-state index contributed by atoms with van der Waals surface area (Å²) in [6.07, 6.45) is 3.18. The van der Waals surface area contributed by atoms with Gasteiger partial charge in [-0.1, -0.05) is 6.07 Å². The van der Waals surface area contributed by atoms with Crippen LogP contribution in [-0.4, -0.2) is 10.8 Å². The minimum absolute atomic E-state index is 0.220. The molecule has 1 rings (SSSR count). The third-order valence-corrected chi connectivity index (χ3v) is 1.71. The van der Waals surface area contributed by atoms with Crippen molar-refractivity contribution in [3.63, 3.8) is 0 Å². The maximum absolute atomic E-state index is 10.7. The Balaban J connectivity index is 2.53. The number of rotatable bonds is 3. The van der Waals surface area contributed by atoms with Gasteiger partial charge in [-0.2, -0.15) is 0 Å². The van der Waals surface area contributed by atoms with Crippen molar-refractivity contribution >= 4 is 5.78 Å². The first-order chi connectivity index (χ1) is 5.68. The first kappa shape index (κ1) is 8.91. The van der Waals surface area contributed by atoms with Gasteiger partial charge in [0, 0.05) is 18.3 Å². The van der Waals surface area contributed by atoms with E-state index in [1.165, 1.54) is 0 Å². The van der Waals surface area contributed by atoms with Crippen molar-refractivity contribution in [3.05, 3.63) is 29.6 Å². The van der Waals surface area contributed by atoms with Crippen LogP contribution in [0.1, 0.15) is 24.6 Å². The summed E-state index contributed by atoms with van der Waals surface area (Å²) in [6, 6.07) is 3.99. The second kappa shape index (κ2) is 4.00. The monoisotopic (exact) mass is 163 g/mol. The van der Waals surface area contributed by atoms with Crippen molar-refractivity contribution in [1.29, 1.82) is 0 Å². The van der Waals surface area contributed by atoms with E-state index in [2.05, 4.69) is 4.98 Å². The van der Waals surface area contributed by atoms with E-state index in [1.807, 2.05) is 25.3 Å². The standard InChI is InChI=1S/C10H13NO/c1-8-3-5-10(11-7-8)6-4-9(2)12/h3,5,7H,4,6H2,1-2H3. The molecule has 0 spiro atoms. The molecule has 1 aromatic rings. The molecule has 0 bridgehead atoms. The third-order valence-electron chi connectivity index (χ3n) is 1.71. The summed E-state index contributed by atoms with van der Waals surface area (Å²) >= 11 is 0. The Morgan fingerprint density at radius 2 is 2.25 bits per heavy atom. The highest BCUT2D eigenvalue weighted by Gasteiger charge is 1.96. The number of carbonyl (C=O) groups excluding carboxylic acids is 1. The van der Waals surface area contributed by atoms with E-state index in [4.69, 9.17) is 0 Å². The van der Waals surface area contributed by atoms with Gasteiger partial charge in [-0.15, -0.1) is 0 Å². The molecule has 0 saturated carbocycles. The van der Waals surface area contributed by atoms with Crippen LogP contribution in [0.3, 0.4) is 0 Å². The van der Waals surface area contributed by atoms with Crippen LogP contribution in [0.2, 0.25) is 0 Å². The van der Waals surface area contributed by atoms with Crippen LogP contribution in [0.25, 0.3) is 0 Å². The van der Waals surface area contributed by atoms with Crippen LogP contribution in [0.4, 0.5) is 0 Å². The zero-order valence-electron chi connectivity index (χ0n) is 7.50. The predicted molar refractivity (Wildman–Crippen MR) is 48.0 cm³/mol. The maximum atomic E-state index is 10.7. The van der Waals surface area contributed by atoms with Gasteiger partial charge in [0.05, 0.1) is 0 Å². The van der Waals surface area contributed by atoms with Gasteiger partial charge in [-0.25, -0.2) is 0 Å². The van der Waals surface area contributed by atoms with Crippen LogP contribution < -0.4 is 0 Å². The number of pyridine rings is 1. The molecule has 0 aromatic carbocycles. The Labute approximate surface area is 72.6 Å². The van der Waals surface area contributed by atoms with Gasteiger partial charge in [0.1, 0.15) is 5.78 Å². The SMILES string of the molecule is CC(=O)CCc1ccc(C)cn1. The molecule has 2 nitrogen and oxygen atoms in total. The summed E-state index contributed by atoms with van der Waals surface area (Å²) in [5.41, 5.74) is 2.15. The Kier molecular flexibility index (Phi) is 2.97. The van der Waals surface area contributed by atoms with E-state index < -0.39 is 0 Å². The highest BCUT2D eigenvalue weighted by Crippen LogP contribution is 2.01. The van der Waals surface area contributed by atoms with E-state index in [9.17, 15) is 4.79 Å².